The van der Waals surface area contributed by atoms with E-state index in [9.17, 15) is 14.4 Å². The van der Waals surface area contributed by atoms with Crippen molar-refractivity contribution < 1.29 is 14.3 Å². The second kappa shape index (κ2) is 9.58. The Balaban J connectivity index is 1.41. The maximum Gasteiger partial charge on any atom is 0.267 e. The number of benzene rings is 2. The first-order chi connectivity index (χ1) is 17.4. The molecule has 0 unspecified atom stereocenters. The molecule has 0 atom stereocenters. The Hall–Kier alpha value is -4.59. The van der Waals surface area contributed by atoms with Crippen LogP contribution in [0.25, 0.3) is 22.5 Å². The average Bonchev–Trinajstić information content (AvgIpc) is 3.14. The van der Waals surface area contributed by atoms with E-state index in [0.29, 0.717) is 28.4 Å². The first-order valence-corrected chi connectivity index (χ1v) is 11.7. The highest BCUT2D eigenvalue weighted by Crippen LogP contribution is 2.31. The third-order valence-corrected chi connectivity index (χ3v) is 5.95. The zero-order valence-electron chi connectivity index (χ0n) is 19.9. The number of pyridine rings is 1. The van der Waals surface area contributed by atoms with Crippen molar-refractivity contribution in [2.75, 3.05) is 13.2 Å². The number of carbonyl (C=O) groups excluding carboxylic acids is 2. The molecule has 0 bridgehead atoms. The quantitative estimate of drug-likeness (QED) is 0.368. The van der Waals surface area contributed by atoms with Crippen LogP contribution < -0.4 is 10.3 Å². The second-order valence-corrected chi connectivity index (χ2v) is 8.66. The lowest BCUT2D eigenvalue weighted by molar-refractivity contribution is 0.0630. The molecule has 0 fully saturated rings. The van der Waals surface area contributed by atoms with Crippen LogP contribution in [0.3, 0.4) is 0 Å². The van der Waals surface area contributed by atoms with E-state index >= 15 is 0 Å². The van der Waals surface area contributed by atoms with Gasteiger partial charge in [0.2, 0.25) is 5.88 Å². The van der Waals surface area contributed by atoms with Crippen molar-refractivity contribution in [2.24, 2.45) is 0 Å². The fourth-order valence-corrected chi connectivity index (χ4v) is 4.17. The standard InChI is InChI=1S/C28H24N4O4/c1-18(2)32-25(33)15-13-23(30-32)22-12-14-24(29-26(22)19-8-4-3-5-9-19)36-17-16-31-27(34)20-10-6-7-11-21(20)28(31)35/h3-15,18H,16-17H2,1-2H3. The Morgan fingerprint density at radius 3 is 2.11 bits per heavy atom. The van der Waals surface area contributed by atoms with Crippen LogP contribution in [0.2, 0.25) is 0 Å². The molecule has 5 rings (SSSR count). The molecule has 8 heteroatoms. The normalized spacial score (nSPS) is 12.8. The number of amides is 2. The maximum atomic E-state index is 12.6. The number of hydrogen-bond donors (Lipinski definition) is 0. The van der Waals surface area contributed by atoms with E-state index in [-0.39, 0.29) is 36.6 Å². The van der Waals surface area contributed by atoms with Crippen LogP contribution in [0, 0.1) is 0 Å². The Morgan fingerprint density at radius 1 is 0.778 bits per heavy atom. The summed E-state index contributed by atoms with van der Waals surface area (Å²) >= 11 is 0. The van der Waals surface area contributed by atoms with E-state index in [2.05, 4.69) is 5.10 Å². The number of ether oxygens (including phenoxy) is 1. The van der Waals surface area contributed by atoms with Crippen LogP contribution in [0.15, 0.2) is 83.7 Å². The summed E-state index contributed by atoms with van der Waals surface area (Å²) in [5.41, 5.74) is 3.53. The van der Waals surface area contributed by atoms with Gasteiger partial charge in [-0.2, -0.15) is 5.10 Å². The van der Waals surface area contributed by atoms with E-state index in [1.807, 2.05) is 50.2 Å². The fourth-order valence-electron chi connectivity index (χ4n) is 4.17. The molecular formula is C28H24N4O4. The van der Waals surface area contributed by atoms with Crippen LogP contribution in [0.5, 0.6) is 5.88 Å². The molecule has 0 aliphatic carbocycles. The molecule has 0 radical (unpaired) electrons. The van der Waals surface area contributed by atoms with Gasteiger partial charge in [0, 0.05) is 23.3 Å². The summed E-state index contributed by atoms with van der Waals surface area (Å²) in [5.74, 6) is -0.288. The third-order valence-electron chi connectivity index (χ3n) is 5.95. The Kier molecular flexibility index (Phi) is 6.16. The summed E-state index contributed by atoms with van der Waals surface area (Å²) in [5, 5.41) is 4.55. The smallest absolute Gasteiger partial charge is 0.267 e. The maximum absolute atomic E-state index is 12.6. The van der Waals surface area contributed by atoms with Gasteiger partial charge in [-0.25, -0.2) is 9.67 Å². The van der Waals surface area contributed by atoms with Crippen molar-refractivity contribution in [3.05, 3.63) is 100 Å². The molecule has 0 saturated carbocycles. The van der Waals surface area contributed by atoms with E-state index in [4.69, 9.17) is 9.72 Å². The summed E-state index contributed by atoms with van der Waals surface area (Å²) in [6, 6.07) is 23.1. The lowest BCUT2D eigenvalue weighted by atomic mass is 10.0. The van der Waals surface area contributed by atoms with E-state index in [1.165, 1.54) is 15.6 Å². The SMILES string of the molecule is CC(C)n1nc(-c2ccc(OCCN3C(=O)c4ccccc4C3=O)nc2-c2ccccc2)ccc1=O. The predicted molar refractivity (Wildman–Crippen MR) is 135 cm³/mol. The lowest BCUT2D eigenvalue weighted by Gasteiger charge is -2.16. The Morgan fingerprint density at radius 2 is 1.44 bits per heavy atom. The van der Waals surface area contributed by atoms with Gasteiger partial charge in [-0.15, -0.1) is 0 Å². The number of imide groups is 1. The molecule has 36 heavy (non-hydrogen) atoms. The van der Waals surface area contributed by atoms with Crippen molar-refractivity contribution >= 4 is 11.8 Å². The van der Waals surface area contributed by atoms with Crippen LogP contribution in [0.4, 0.5) is 0 Å². The lowest BCUT2D eigenvalue weighted by Crippen LogP contribution is -2.33. The first-order valence-electron chi connectivity index (χ1n) is 11.7. The van der Waals surface area contributed by atoms with Crippen LogP contribution in [-0.2, 0) is 0 Å². The minimum absolute atomic E-state index is 0.0877. The molecule has 1 aliphatic rings. The van der Waals surface area contributed by atoms with Gasteiger partial charge in [0.25, 0.3) is 17.4 Å². The molecule has 3 heterocycles. The molecule has 0 saturated heterocycles. The largest absolute Gasteiger partial charge is 0.476 e. The monoisotopic (exact) mass is 480 g/mol. The Labute approximate surface area is 207 Å². The topological polar surface area (TPSA) is 94.4 Å². The van der Waals surface area contributed by atoms with Crippen molar-refractivity contribution in [3.8, 4) is 28.4 Å². The third kappa shape index (κ3) is 4.29. The number of aromatic nitrogens is 3. The van der Waals surface area contributed by atoms with E-state index in [1.54, 1.807) is 36.4 Å². The highest BCUT2D eigenvalue weighted by molar-refractivity contribution is 6.21. The van der Waals surface area contributed by atoms with Gasteiger partial charge in [-0.05, 0) is 38.1 Å². The van der Waals surface area contributed by atoms with Gasteiger partial charge in [0.15, 0.2) is 0 Å². The Bertz CT molecular complexity index is 1480. The summed E-state index contributed by atoms with van der Waals surface area (Å²) in [7, 11) is 0. The van der Waals surface area contributed by atoms with Crippen molar-refractivity contribution in [1.29, 1.82) is 0 Å². The van der Waals surface area contributed by atoms with Gasteiger partial charge in [-0.3, -0.25) is 19.3 Å². The minimum atomic E-state index is -0.321. The molecular weight excluding hydrogens is 456 g/mol. The molecule has 4 aromatic rings. The van der Waals surface area contributed by atoms with Gasteiger partial charge in [-0.1, -0.05) is 42.5 Å². The van der Waals surface area contributed by atoms with Crippen LogP contribution in [0.1, 0.15) is 40.6 Å². The minimum Gasteiger partial charge on any atom is -0.476 e. The zero-order valence-corrected chi connectivity index (χ0v) is 19.9. The summed E-state index contributed by atoms with van der Waals surface area (Å²) in [6.45, 7) is 4.01. The molecule has 0 spiro atoms. The van der Waals surface area contributed by atoms with Crippen molar-refractivity contribution in [3.63, 3.8) is 0 Å². The highest BCUT2D eigenvalue weighted by atomic mass is 16.5. The van der Waals surface area contributed by atoms with Gasteiger partial charge in [0.05, 0.1) is 35.1 Å². The second-order valence-electron chi connectivity index (χ2n) is 8.66. The molecule has 8 nitrogen and oxygen atoms in total. The molecule has 2 aromatic carbocycles. The van der Waals surface area contributed by atoms with E-state index in [0.717, 1.165) is 11.1 Å². The summed E-state index contributed by atoms with van der Waals surface area (Å²) in [6.07, 6.45) is 0. The average molecular weight is 481 g/mol. The summed E-state index contributed by atoms with van der Waals surface area (Å²) < 4.78 is 7.31. The molecule has 180 valence electrons. The highest BCUT2D eigenvalue weighted by Gasteiger charge is 2.34. The van der Waals surface area contributed by atoms with E-state index < -0.39 is 0 Å². The summed E-state index contributed by atoms with van der Waals surface area (Å²) in [4.78, 5) is 43.3. The van der Waals surface area contributed by atoms with Gasteiger partial charge in [0.1, 0.15) is 6.61 Å². The fraction of sp³-hybridized carbons (Fsp3) is 0.179. The van der Waals surface area contributed by atoms with Gasteiger partial charge >= 0.3 is 0 Å². The first kappa shape index (κ1) is 23.2. The number of fused-ring (bicyclic) bond motifs is 1. The molecule has 2 amide bonds. The number of rotatable bonds is 7. The van der Waals surface area contributed by atoms with Crippen molar-refractivity contribution in [1.82, 2.24) is 19.7 Å². The van der Waals surface area contributed by atoms with Gasteiger partial charge < -0.3 is 4.74 Å². The molecule has 1 aliphatic heterocycles. The number of carbonyl (C=O) groups is 2. The zero-order chi connectivity index (χ0) is 25.2. The number of nitrogens with zero attached hydrogens (tertiary/aromatic N) is 4. The predicted octanol–water partition coefficient (Wildman–Crippen LogP) is 4.23. The van der Waals surface area contributed by atoms with Crippen molar-refractivity contribution in [2.45, 2.75) is 19.9 Å². The van der Waals surface area contributed by atoms with Crippen LogP contribution >= 0.6 is 0 Å². The number of hydrogen-bond acceptors (Lipinski definition) is 6. The molecule has 2 aromatic heterocycles. The van der Waals surface area contributed by atoms with Crippen LogP contribution in [-0.4, -0.2) is 44.6 Å². The molecule has 0 N–H and O–H groups in total.